The van der Waals surface area contributed by atoms with Gasteiger partial charge in [0.2, 0.25) is 0 Å². The van der Waals surface area contributed by atoms with Crippen molar-refractivity contribution in [1.82, 2.24) is 0 Å². The van der Waals surface area contributed by atoms with Crippen molar-refractivity contribution in [1.29, 1.82) is 0 Å². The molecular weight excluding hydrogens is 432 g/mol. The third kappa shape index (κ3) is 7.70. The van der Waals surface area contributed by atoms with Gasteiger partial charge in [-0.2, -0.15) is 0 Å². The molecule has 0 radical (unpaired) electrons. The second-order valence-corrected chi connectivity index (χ2v) is 12.4. The van der Waals surface area contributed by atoms with Gasteiger partial charge in [0.15, 0.2) is 0 Å². The Morgan fingerprint density at radius 1 is 0.871 bits per heavy atom. The van der Waals surface area contributed by atoms with Crippen LogP contribution in [0.2, 0.25) is 5.54 Å². The SMILES string of the molecule is CCO[Si](OCC)(OCC)C(C)C1CCC(OC(=O)CCl)CCC1C1CCCCCC1. The van der Waals surface area contributed by atoms with Crippen LogP contribution in [0.5, 0.6) is 0 Å². The van der Waals surface area contributed by atoms with Gasteiger partial charge in [0, 0.05) is 25.4 Å². The van der Waals surface area contributed by atoms with Gasteiger partial charge in [-0.1, -0.05) is 45.4 Å². The van der Waals surface area contributed by atoms with E-state index in [4.69, 9.17) is 29.6 Å². The lowest BCUT2D eigenvalue weighted by Gasteiger charge is -2.42. The van der Waals surface area contributed by atoms with Crippen LogP contribution < -0.4 is 0 Å². The minimum absolute atomic E-state index is 0.0286. The van der Waals surface area contributed by atoms with E-state index in [1.165, 1.54) is 38.5 Å². The predicted molar refractivity (Wildman–Crippen MR) is 127 cm³/mol. The predicted octanol–water partition coefficient (Wildman–Crippen LogP) is 6.35. The summed E-state index contributed by atoms with van der Waals surface area (Å²) < 4.78 is 24.7. The van der Waals surface area contributed by atoms with E-state index in [-0.39, 0.29) is 23.5 Å². The molecule has 7 heteroatoms. The zero-order chi connectivity index (χ0) is 22.7. The molecule has 4 atom stereocenters. The van der Waals surface area contributed by atoms with Gasteiger partial charge in [-0.15, -0.1) is 11.6 Å². The largest absolute Gasteiger partial charge is 0.504 e. The van der Waals surface area contributed by atoms with Gasteiger partial charge >= 0.3 is 14.8 Å². The molecule has 2 aliphatic carbocycles. The van der Waals surface area contributed by atoms with Crippen molar-refractivity contribution in [2.45, 2.75) is 104 Å². The minimum Gasteiger partial charge on any atom is -0.461 e. The summed E-state index contributed by atoms with van der Waals surface area (Å²) in [6.07, 6.45) is 11.9. The third-order valence-corrected chi connectivity index (χ3v) is 11.2. The average molecular weight is 477 g/mol. The Bertz CT molecular complexity index is 495. The molecule has 0 aromatic carbocycles. The van der Waals surface area contributed by atoms with Crippen molar-refractivity contribution in [2.24, 2.45) is 17.8 Å². The number of carbonyl (C=O) groups excluding carboxylic acids is 1. The van der Waals surface area contributed by atoms with Crippen molar-refractivity contribution in [3.8, 4) is 0 Å². The third-order valence-electron chi connectivity index (χ3n) is 7.34. The molecule has 0 amide bonds. The molecular formula is C24H45ClO5Si. The molecule has 0 saturated heterocycles. The zero-order valence-corrected chi connectivity index (χ0v) is 22.0. The number of alkyl halides is 1. The number of hydrogen-bond donors (Lipinski definition) is 0. The number of halogens is 1. The van der Waals surface area contributed by atoms with E-state index in [1.807, 2.05) is 20.8 Å². The smallest absolute Gasteiger partial charge is 0.461 e. The van der Waals surface area contributed by atoms with Crippen LogP contribution in [0.4, 0.5) is 0 Å². The first-order chi connectivity index (χ1) is 15.0. The van der Waals surface area contributed by atoms with Crippen LogP contribution in [0.3, 0.4) is 0 Å². The van der Waals surface area contributed by atoms with Gasteiger partial charge in [-0.3, -0.25) is 4.79 Å². The zero-order valence-electron chi connectivity index (χ0n) is 20.2. The molecule has 0 aliphatic heterocycles. The van der Waals surface area contributed by atoms with E-state index >= 15 is 0 Å². The van der Waals surface area contributed by atoms with Crippen molar-refractivity contribution in [3.63, 3.8) is 0 Å². The summed E-state index contributed by atoms with van der Waals surface area (Å²) >= 11 is 5.71. The molecule has 0 spiro atoms. The van der Waals surface area contributed by atoms with E-state index in [0.717, 1.165) is 31.6 Å². The molecule has 0 aromatic heterocycles. The highest BCUT2D eigenvalue weighted by Crippen LogP contribution is 2.48. The average Bonchev–Trinajstić information content (AvgIpc) is 3.14. The second-order valence-electron chi connectivity index (χ2n) is 9.17. The van der Waals surface area contributed by atoms with Crippen molar-refractivity contribution in [3.05, 3.63) is 0 Å². The van der Waals surface area contributed by atoms with Crippen LogP contribution in [0.1, 0.15) is 91.9 Å². The van der Waals surface area contributed by atoms with E-state index in [9.17, 15) is 4.79 Å². The normalized spacial score (nSPS) is 27.3. The molecule has 31 heavy (non-hydrogen) atoms. The van der Waals surface area contributed by atoms with Crippen LogP contribution in [0.15, 0.2) is 0 Å². The maximum Gasteiger partial charge on any atom is 0.504 e. The first-order valence-corrected chi connectivity index (χ1v) is 15.0. The lowest BCUT2D eigenvalue weighted by atomic mass is 9.74. The first-order valence-electron chi connectivity index (χ1n) is 12.7. The summed E-state index contributed by atoms with van der Waals surface area (Å²) in [5.41, 5.74) is 0.225. The molecule has 0 aromatic rings. The lowest BCUT2D eigenvalue weighted by molar-refractivity contribution is -0.146. The van der Waals surface area contributed by atoms with E-state index < -0.39 is 8.80 Å². The standard InChI is InChI=1S/C24H45ClO5Si/c1-5-27-31(28-6-2,29-7-3)19(4)22-16-14-21(30-24(26)18-25)15-17-23(22)20-12-10-8-9-11-13-20/h19-23H,5-18H2,1-4H3. The summed E-state index contributed by atoms with van der Waals surface area (Å²) in [6, 6.07) is 0. The monoisotopic (exact) mass is 476 g/mol. The van der Waals surface area contributed by atoms with Crippen LogP contribution in [-0.4, -0.2) is 46.6 Å². The van der Waals surface area contributed by atoms with Crippen LogP contribution in [0.25, 0.3) is 0 Å². The lowest BCUT2D eigenvalue weighted by Crippen LogP contribution is -2.52. The van der Waals surface area contributed by atoms with E-state index in [1.54, 1.807) is 0 Å². The maximum atomic E-state index is 11.8. The Balaban J connectivity index is 2.30. The summed E-state index contributed by atoms with van der Waals surface area (Å²) in [7, 11) is -2.82. The Hall–Kier alpha value is -0.143. The number of rotatable bonds is 11. The van der Waals surface area contributed by atoms with Gasteiger partial charge in [0.25, 0.3) is 0 Å². The van der Waals surface area contributed by atoms with Crippen molar-refractivity contribution in [2.75, 3.05) is 25.7 Å². The summed E-state index contributed by atoms with van der Waals surface area (Å²) in [6.45, 7) is 10.2. The molecule has 5 nitrogen and oxygen atoms in total. The Labute approximate surface area is 196 Å². The maximum absolute atomic E-state index is 11.8. The minimum atomic E-state index is -2.82. The summed E-state index contributed by atoms with van der Waals surface area (Å²) in [5.74, 6) is 1.41. The highest BCUT2D eigenvalue weighted by molar-refractivity contribution is 6.62. The fourth-order valence-corrected chi connectivity index (χ4v) is 9.24. The molecule has 0 heterocycles. The number of carbonyl (C=O) groups is 1. The first kappa shape index (κ1) is 27.1. The molecule has 2 rings (SSSR count). The summed E-state index contributed by atoms with van der Waals surface area (Å²) in [4.78, 5) is 11.8. The van der Waals surface area contributed by atoms with Gasteiger partial charge in [0.1, 0.15) is 12.0 Å². The van der Waals surface area contributed by atoms with Gasteiger partial charge in [-0.05, 0) is 64.2 Å². The van der Waals surface area contributed by atoms with Gasteiger partial charge in [-0.25, -0.2) is 0 Å². The highest BCUT2D eigenvalue weighted by atomic mass is 35.5. The van der Waals surface area contributed by atoms with Crippen molar-refractivity contribution >= 4 is 26.4 Å². The van der Waals surface area contributed by atoms with Gasteiger partial charge in [0.05, 0.1) is 0 Å². The van der Waals surface area contributed by atoms with Crippen LogP contribution >= 0.6 is 11.6 Å². The van der Waals surface area contributed by atoms with Gasteiger partial charge < -0.3 is 18.0 Å². The van der Waals surface area contributed by atoms with Crippen molar-refractivity contribution < 1.29 is 22.8 Å². The molecule has 2 aliphatic rings. The molecule has 0 bridgehead atoms. The quantitative estimate of drug-likeness (QED) is 0.150. The topological polar surface area (TPSA) is 54.0 Å². The van der Waals surface area contributed by atoms with E-state index in [2.05, 4.69) is 6.92 Å². The molecule has 2 fully saturated rings. The van der Waals surface area contributed by atoms with E-state index in [0.29, 0.717) is 31.7 Å². The Morgan fingerprint density at radius 2 is 1.42 bits per heavy atom. The second kappa shape index (κ2) is 14.2. The van der Waals surface area contributed by atoms with Crippen LogP contribution in [0, 0.1) is 17.8 Å². The number of hydrogen-bond acceptors (Lipinski definition) is 5. The fraction of sp³-hybridized carbons (Fsp3) is 0.958. The Morgan fingerprint density at radius 3 is 1.94 bits per heavy atom. The number of ether oxygens (including phenoxy) is 1. The Kier molecular flexibility index (Phi) is 12.4. The summed E-state index contributed by atoms with van der Waals surface area (Å²) in [5, 5.41) is 0. The molecule has 0 N–H and O–H groups in total. The molecule has 4 unspecified atom stereocenters. The number of esters is 1. The molecule has 182 valence electrons. The van der Waals surface area contributed by atoms with Crippen LogP contribution in [-0.2, 0) is 22.8 Å². The molecule has 2 saturated carbocycles. The fourth-order valence-electron chi connectivity index (χ4n) is 5.99. The highest BCUT2D eigenvalue weighted by Gasteiger charge is 2.52.